The van der Waals surface area contributed by atoms with Gasteiger partial charge in [-0.3, -0.25) is 9.59 Å². The number of nitrogens with zero attached hydrogens (tertiary/aromatic N) is 4. The molecule has 170 valence electrons. The molecule has 1 aliphatic heterocycles. The third-order valence-electron chi connectivity index (χ3n) is 5.78. The number of halogens is 2. The molecule has 0 aliphatic carbocycles. The number of anilines is 4. The maximum Gasteiger partial charge on any atom is 0.253 e. The van der Waals surface area contributed by atoms with E-state index in [2.05, 4.69) is 20.7 Å². The lowest BCUT2D eigenvalue weighted by atomic mass is 10.1. The highest BCUT2D eigenvalue weighted by Crippen LogP contribution is 2.29. The van der Waals surface area contributed by atoms with Crippen LogP contribution in [-0.4, -0.2) is 38.9 Å². The van der Waals surface area contributed by atoms with Gasteiger partial charge in [0.25, 0.3) is 10.9 Å². The van der Waals surface area contributed by atoms with Crippen molar-refractivity contribution in [1.82, 2.24) is 14.6 Å². The smallest absolute Gasteiger partial charge is 0.253 e. The Bertz CT molecular complexity index is 1430. The largest absolute Gasteiger partial charge is 0.391 e. The quantitative estimate of drug-likeness (QED) is 0.380. The van der Waals surface area contributed by atoms with Crippen LogP contribution in [0.4, 0.5) is 31.7 Å². The van der Waals surface area contributed by atoms with Crippen molar-refractivity contribution in [1.29, 1.82) is 0 Å². The fraction of sp³-hybridized carbons (Fsp3) is 0.273. The third-order valence-corrected chi connectivity index (χ3v) is 5.78. The van der Waals surface area contributed by atoms with Crippen LogP contribution < -0.4 is 26.4 Å². The molecule has 0 saturated carbocycles. The highest BCUT2D eigenvalue weighted by atomic mass is 19.1. The number of rotatable bonds is 6. The summed E-state index contributed by atoms with van der Waals surface area (Å²) < 4.78 is 29.1. The summed E-state index contributed by atoms with van der Waals surface area (Å²) in [7, 11) is 0. The van der Waals surface area contributed by atoms with Crippen LogP contribution in [0.2, 0.25) is 0 Å². The van der Waals surface area contributed by atoms with Crippen LogP contribution in [0.5, 0.6) is 0 Å². The van der Waals surface area contributed by atoms with Crippen molar-refractivity contribution in [2.24, 2.45) is 0 Å². The Hall–Kier alpha value is -3.86. The lowest BCUT2D eigenvalue weighted by Crippen LogP contribution is -2.41. The summed E-state index contributed by atoms with van der Waals surface area (Å²) >= 11 is 0. The van der Waals surface area contributed by atoms with E-state index in [0.29, 0.717) is 30.1 Å². The van der Waals surface area contributed by atoms with E-state index >= 15 is 0 Å². The molecule has 2 aromatic carbocycles. The van der Waals surface area contributed by atoms with Crippen molar-refractivity contribution in [3.8, 4) is 0 Å². The van der Waals surface area contributed by atoms with Crippen molar-refractivity contribution < 1.29 is 13.9 Å². The number of β-amino-alcohol motifs (C(OH)–C–C–N with tert-alkyl or cyclic N) is 1. The Kier molecular flexibility index (Phi) is 5.05. The molecule has 0 spiro atoms. The molecular formula is C22H20F2N6O3. The fourth-order valence-corrected chi connectivity index (χ4v) is 4.06. The van der Waals surface area contributed by atoms with E-state index in [0.717, 1.165) is 18.2 Å². The lowest BCUT2D eigenvalue weighted by Gasteiger charge is -2.22. The van der Waals surface area contributed by atoms with Gasteiger partial charge in [0.15, 0.2) is 5.65 Å². The van der Waals surface area contributed by atoms with Crippen LogP contribution in [0.1, 0.15) is 24.9 Å². The molecule has 4 aromatic rings. The minimum atomic E-state index is -0.643. The van der Waals surface area contributed by atoms with Gasteiger partial charge in [-0.05, 0) is 37.6 Å². The van der Waals surface area contributed by atoms with Crippen molar-refractivity contribution >= 4 is 28.5 Å². The number of benzene rings is 1. The number of nitrogens with one attached hydrogen (secondary N) is 2. The molecule has 0 unspecified atom stereocenters. The number of aliphatic hydroxyl groups excluding tert-OH is 1. The van der Waals surface area contributed by atoms with Crippen LogP contribution in [0, 0.1) is 11.6 Å². The fourth-order valence-electron chi connectivity index (χ4n) is 4.06. The molecule has 0 bridgehead atoms. The minimum Gasteiger partial charge on any atom is -0.391 e. The molecule has 3 N–H and O–H groups in total. The first-order valence-electron chi connectivity index (χ1n) is 10.4. The Balaban J connectivity index is 1.42. The normalized spacial score (nSPS) is 17.1. The van der Waals surface area contributed by atoms with Gasteiger partial charge in [0.2, 0.25) is 0 Å². The topological polar surface area (TPSA) is 112 Å². The number of hydrogen-bond donors (Lipinski definition) is 3. The van der Waals surface area contributed by atoms with E-state index in [1.54, 1.807) is 24.1 Å². The summed E-state index contributed by atoms with van der Waals surface area (Å²) in [5, 5.41) is 20.0. The van der Waals surface area contributed by atoms with Crippen molar-refractivity contribution in [3.63, 3.8) is 0 Å². The second kappa shape index (κ2) is 7.93. The Labute approximate surface area is 186 Å². The predicted octanol–water partition coefficient (Wildman–Crippen LogP) is 2.09. The molecule has 11 heteroatoms. The zero-order chi connectivity index (χ0) is 23.3. The van der Waals surface area contributed by atoms with Gasteiger partial charge in [-0.1, -0.05) is 0 Å². The first-order valence-corrected chi connectivity index (χ1v) is 10.4. The van der Waals surface area contributed by atoms with Gasteiger partial charge in [-0.25, -0.2) is 18.3 Å². The Morgan fingerprint density at radius 2 is 2.03 bits per heavy atom. The van der Waals surface area contributed by atoms with E-state index in [1.165, 1.54) is 10.7 Å². The van der Waals surface area contributed by atoms with E-state index < -0.39 is 34.6 Å². The monoisotopic (exact) mass is 454 g/mol. The molecule has 0 amide bonds. The molecule has 9 nitrogen and oxygen atoms in total. The predicted molar refractivity (Wildman–Crippen MR) is 119 cm³/mol. The van der Waals surface area contributed by atoms with Crippen LogP contribution in [0.25, 0.3) is 5.65 Å². The van der Waals surface area contributed by atoms with Gasteiger partial charge >= 0.3 is 0 Å². The van der Waals surface area contributed by atoms with Gasteiger partial charge < -0.3 is 20.6 Å². The standard InChI is InChI=1S/C22H20F2N6O3/c1-11(14-8-12(23)2-3-15(14)24)26-17-5-7-30-22(28-17)16(9-25-30)27-18-19(21(33)20(18)32)29-6-4-13(31)10-29/h2-3,5,7-9,11,13,27,31H,4,6,10H2,1H3,(H,26,28)/t11-,13+/m1/s1. The Morgan fingerprint density at radius 3 is 2.79 bits per heavy atom. The summed E-state index contributed by atoms with van der Waals surface area (Å²) in [6, 6.07) is 4.31. The summed E-state index contributed by atoms with van der Waals surface area (Å²) in [5.74, 6) is -0.695. The van der Waals surface area contributed by atoms with Crippen molar-refractivity contribution in [3.05, 3.63) is 74.3 Å². The van der Waals surface area contributed by atoms with Gasteiger partial charge in [-0.2, -0.15) is 5.10 Å². The van der Waals surface area contributed by atoms with Gasteiger partial charge in [0.1, 0.15) is 34.5 Å². The van der Waals surface area contributed by atoms with Crippen LogP contribution in [0.15, 0.2) is 46.2 Å². The highest BCUT2D eigenvalue weighted by Gasteiger charge is 2.31. The van der Waals surface area contributed by atoms with Gasteiger partial charge in [-0.15, -0.1) is 0 Å². The second-order valence-corrected chi connectivity index (χ2v) is 8.07. The molecule has 1 fully saturated rings. The minimum absolute atomic E-state index is 0.138. The van der Waals surface area contributed by atoms with Crippen molar-refractivity contribution in [2.45, 2.75) is 25.5 Å². The summed E-state index contributed by atoms with van der Waals surface area (Å²) in [5.41, 5.74) is 0.0766. The first kappa shape index (κ1) is 21.0. The summed E-state index contributed by atoms with van der Waals surface area (Å²) in [6.07, 6.45) is 3.08. The van der Waals surface area contributed by atoms with Crippen LogP contribution in [0.3, 0.4) is 0 Å². The highest BCUT2D eigenvalue weighted by molar-refractivity contribution is 5.84. The van der Waals surface area contributed by atoms with E-state index in [4.69, 9.17) is 0 Å². The number of hydrogen-bond acceptors (Lipinski definition) is 8. The van der Waals surface area contributed by atoms with Crippen molar-refractivity contribution in [2.75, 3.05) is 28.6 Å². The molecular weight excluding hydrogens is 434 g/mol. The average molecular weight is 454 g/mol. The average Bonchev–Trinajstić information content (AvgIpc) is 3.40. The molecule has 0 radical (unpaired) electrons. The summed E-state index contributed by atoms with van der Waals surface area (Å²) in [4.78, 5) is 30.5. The summed E-state index contributed by atoms with van der Waals surface area (Å²) in [6.45, 7) is 2.45. The molecule has 2 aromatic heterocycles. The van der Waals surface area contributed by atoms with Gasteiger partial charge in [0.05, 0.1) is 18.3 Å². The first-order chi connectivity index (χ1) is 15.8. The molecule has 33 heavy (non-hydrogen) atoms. The van der Waals surface area contributed by atoms with Crippen LogP contribution >= 0.6 is 0 Å². The maximum absolute atomic E-state index is 14.1. The zero-order valence-electron chi connectivity index (χ0n) is 17.5. The second-order valence-electron chi connectivity index (χ2n) is 8.07. The molecule has 1 aliphatic rings. The van der Waals surface area contributed by atoms with Crippen LogP contribution in [-0.2, 0) is 0 Å². The Morgan fingerprint density at radius 1 is 1.21 bits per heavy atom. The third kappa shape index (κ3) is 3.69. The molecule has 2 atom stereocenters. The maximum atomic E-state index is 14.1. The lowest BCUT2D eigenvalue weighted by molar-refractivity contribution is 0.198. The number of fused-ring (bicyclic) bond motifs is 1. The number of aliphatic hydroxyl groups is 1. The molecule has 5 rings (SSSR count). The van der Waals surface area contributed by atoms with Gasteiger partial charge in [0, 0.05) is 24.8 Å². The molecule has 1 saturated heterocycles. The van der Waals surface area contributed by atoms with E-state index in [-0.39, 0.29) is 23.5 Å². The van der Waals surface area contributed by atoms with E-state index in [1.807, 2.05) is 0 Å². The zero-order valence-corrected chi connectivity index (χ0v) is 17.5. The van der Waals surface area contributed by atoms with E-state index in [9.17, 15) is 23.5 Å². The SMILES string of the molecule is C[C@@H](Nc1ccn2ncc(Nc3c(N4CC[C@H](O)C4)c(=O)c3=O)c2n1)c1cc(F)ccc1F. The molecule has 3 heterocycles. The number of aromatic nitrogens is 3.